The molecule has 3 rings (SSSR count). The minimum absolute atomic E-state index is 0.134. The van der Waals surface area contributed by atoms with Crippen LogP contribution in [0, 0.1) is 0 Å². The van der Waals surface area contributed by atoms with Gasteiger partial charge in [0.25, 0.3) is 0 Å². The first-order valence-electron chi connectivity index (χ1n) is 7.60. The molecule has 0 atom stereocenters. The van der Waals surface area contributed by atoms with Crippen LogP contribution in [0.2, 0.25) is 0 Å². The van der Waals surface area contributed by atoms with Crippen molar-refractivity contribution in [2.24, 2.45) is 0 Å². The molecule has 2 saturated carbocycles. The Morgan fingerprint density at radius 1 is 1.25 bits per heavy atom. The Morgan fingerprint density at radius 2 is 2.00 bits per heavy atom. The highest BCUT2D eigenvalue weighted by Crippen LogP contribution is 2.43. The van der Waals surface area contributed by atoms with Gasteiger partial charge in [-0.1, -0.05) is 6.42 Å². The molecular formula is C16H24N2O2. The molecule has 0 unspecified atom stereocenters. The lowest BCUT2D eigenvalue weighted by molar-refractivity contribution is -0.0328. The summed E-state index contributed by atoms with van der Waals surface area (Å²) in [5, 5.41) is 13.6. The molecule has 1 aromatic heterocycles. The lowest BCUT2D eigenvalue weighted by Crippen LogP contribution is -2.51. The predicted molar refractivity (Wildman–Crippen MR) is 78.0 cm³/mol. The number of methoxy groups -OCH3 is 1. The molecule has 0 aliphatic heterocycles. The van der Waals surface area contributed by atoms with Crippen LogP contribution >= 0.6 is 0 Å². The molecule has 0 amide bonds. The van der Waals surface area contributed by atoms with Crippen LogP contribution in [0.3, 0.4) is 0 Å². The van der Waals surface area contributed by atoms with E-state index in [0.29, 0.717) is 6.54 Å². The van der Waals surface area contributed by atoms with Gasteiger partial charge in [-0.3, -0.25) is 4.98 Å². The van der Waals surface area contributed by atoms with E-state index in [1.165, 1.54) is 19.3 Å². The fourth-order valence-electron chi connectivity index (χ4n) is 3.25. The number of hydrogen-bond acceptors (Lipinski definition) is 4. The van der Waals surface area contributed by atoms with E-state index in [1.807, 2.05) is 12.3 Å². The summed E-state index contributed by atoms with van der Waals surface area (Å²) < 4.78 is 5.30. The molecular weight excluding hydrogens is 252 g/mol. The average molecular weight is 276 g/mol. The number of nitrogens with one attached hydrogen (secondary N) is 1. The first kappa shape index (κ1) is 13.8. The van der Waals surface area contributed by atoms with E-state index >= 15 is 0 Å². The second-order valence-corrected chi connectivity index (χ2v) is 6.40. The summed E-state index contributed by atoms with van der Waals surface area (Å²) in [6.45, 7) is 1.61. The number of aromatic nitrogens is 1. The van der Waals surface area contributed by atoms with Crippen molar-refractivity contribution in [2.75, 3.05) is 20.2 Å². The Hall–Kier alpha value is -1.13. The highest BCUT2D eigenvalue weighted by molar-refractivity contribution is 5.30. The number of rotatable bonds is 6. The number of hydrogen-bond donors (Lipinski definition) is 2. The third-order valence-corrected chi connectivity index (χ3v) is 5.02. The normalized spacial score (nSPS) is 22.7. The number of aliphatic hydroxyl groups is 1. The van der Waals surface area contributed by atoms with Crippen molar-refractivity contribution in [2.45, 2.75) is 49.5 Å². The van der Waals surface area contributed by atoms with Gasteiger partial charge in [0, 0.05) is 30.8 Å². The average Bonchev–Trinajstić information content (AvgIpc) is 2.40. The van der Waals surface area contributed by atoms with E-state index in [9.17, 15) is 5.11 Å². The monoisotopic (exact) mass is 276 g/mol. The minimum atomic E-state index is -0.452. The molecule has 1 heterocycles. The summed E-state index contributed by atoms with van der Waals surface area (Å²) in [5.41, 5.74) is 0.803. The van der Waals surface area contributed by atoms with Crippen LogP contribution in [0.4, 0.5) is 0 Å². The third kappa shape index (κ3) is 2.54. The first-order valence-corrected chi connectivity index (χ1v) is 7.60. The summed E-state index contributed by atoms with van der Waals surface area (Å²) in [4.78, 5) is 4.55. The van der Waals surface area contributed by atoms with Crippen LogP contribution in [0.25, 0.3) is 0 Å². The van der Waals surface area contributed by atoms with Gasteiger partial charge in [0.15, 0.2) is 0 Å². The highest BCUT2D eigenvalue weighted by atomic mass is 16.5. The van der Waals surface area contributed by atoms with Crippen LogP contribution in [-0.4, -0.2) is 35.9 Å². The maximum Gasteiger partial charge on any atom is 0.122 e. The van der Waals surface area contributed by atoms with Gasteiger partial charge in [0.1, 0.15) is 5.75 Å². The summed E-state index contributed by atoms with van der Waals surface area (Å²) in [5.74, 6) is 0.874. The van der Waals surface area contributed by atoms with Crippen LogP contribution < -0.4 is 10.1 Å². The lowest BCUT2D eigenvalue weighted by atomic mass is 9.66. The molecule has 4 heteroatoms. The summed E-state index contributed by atoms with van der Waals surface area (Å²) in [6, 6.07) is 3.94. The Bertz CT molecular complexity index is 467. The van der Waals surface area contributed by atoms with Crippen molar-refractivity contribution in [3.05, 3.63) is 24.0 Å². The zero-order valence-electron chi connectivity index (χ0n) is 12.2. The summed E-state index contributed by atoms with van der Waals surface area (Å²) in [7, 11) is 1.69. The molecule has 20 heavy (non-hydrogen) atoms. The second kappa shape index (κ2) is 5.34. The maximum atomic E-state index is 10.2. The van der Waals surface area contributed by atoms with Crippen molar-refractivity contribution >= 4 is 0 Å². The smallest absolute Gasteiger partial charge is 0.122 e. The van der Waals surface area contributed by atoms with Crippen LogP contribution in [0.5, 0.6) is 5.75 Å². The molecule has 2 fully saturated rings. The lowest BCUT2D eigenvalue weighted by Gasteiger charge is -2.43. The predicted octanol–water partition coefficient (Wildman–Crippen LogP) is 2.02. The summed E-state index contributed by atoms with van der Waals surface area (Å²) in [6.07, 6.45) is 8.44. The van der Waals surface area contributed by atoms with Gasteiger partial charge in [0.05, 0.1) is 18.4 Å². The van der Waals surface area contributed by atoms with Crippen molar-refractivity contribution in [1.82, 2.24) is 10.3 Å². The van der Waals surface area contributed by atoms with Gasteiger partial charge in [-0.25, -0.2) is 0 Å². The van der Waals surface area contributed by atoms with E-state index in [2.05, 4.69) is 16.4 Å². The van der Waals surface area contributed by atoms with E-state index in [1.54, 1.807) is 7.11 Å². The van der Waals surface area contributed by atoms with Crippen LogP contribution in [0.1, 0.15) is 44.2 Å². The fourth-order valence-corrected chi connectivity index (χ4v) is 3.25. The van der Waals surface area contributed by atoms with E-state index in [0.717, 1.165) is 37.3 Å². The minimum Gasteiger partial charge on any atom is -0.497 e. The molecule has 2 aliphatic rings. The topological polar surface area (TPSA) is 54.4 Å². The SMILES string of the molecule is COc1ccnc(C2(CNCC3(O)CCC3)CCC2)c1. The molecule has 0 bridgehead atoms. The first-order chi connectivity index (χ1) is 9.66. The Morgan fingerprint density at radius 3 is 2.55 bits per heavy atom. The van der Waals surface area contributed by atoms with Gasteiger partial charge in [0.2, 0.25) is 0 Å². The fraction of sp³-hybridized carbons (Fsp3) is 0.688. The van der Waals surface area contributed by atoms with Crippen molar-refractivity contribution in [3.8, 4) is 5.75 Å². The zero-order valence-corrected chi connectivity index (χ0v) is 12.2. The second-order valence-electron chi connectivity index (χ2n) is 6.40. The summed E-state index contributed by atoms with van der Waals surface area (Å²) >= 11 is 0. The van der Waals surface area contributed by atoms with E-state index in [4.69, 9.17) is 4.74 Å². The molecule has 2 N–H and O–H groups in total. The van der Waals surface area contributed by atoms with Gasteiger partial charge in [-0.05, 0) is 38.2 Å². The number of ether oxygens (including phenoxy) is 1. The number of pyridine rings is 1. The van der Waals surface area contributed by atoms with E-state index < -0.39 is 5.60 Å². The van der Waals surface area contributed by atoms with Crippen molar-refractivity contribution in [3.63, 3.8) is 0 Å². The quantitative estimate of drug-likeness (QED) is 0.834. The highest BCUT2D eigenvalue weighted by Gasteiger charge is 2.41. The third-order valence-electron chi connectivity index (χ3n) is 5.02. The molecule has 1 aromatic rings. The molecule has 0 aromatic carbocycles. The molecule has 4 nitrogen and oxygen atoms in total. The van der Waals surface area contributed by atoms with Crippen LogP contribution in [-0.2, 0) is 5.41 Å². The zero-order chi connectivity index (χ0) is 14.1. The molecule has 0 radical (unpaired) electrons. The Balaban J connectivity index is 1.64. The number of nitrogens with zero attached hydrogens (tertiary/aromatic N) is 1. The molecule has 110 valence electrons. The Labute approximate surface area is 120 Å². The van der Waals surface area contributed by atoms with E-state index in [-0.39, 0.29) is 5.41 Å². The van der Waals surface area contributed by atoms with Crippen molar-refractivity contribution in [1.29, 1.82) is 0 Å². The maximum absolute atomic E-state index is 10.2. The largest absolute Gasteiger partial charge is 0.497 e. The van der Waals surface area contributed by atoms with Gasteiger partial charge >= 0.3 is 0 Å². The Kier molecular flexibility index (Phi) is 3.69. The molecule has 0 saturated heterocycles. The van der Waals surface area contributed by atoms with Gasteiger partial charge in [-0.15, -0.1) is 0 Å². The van der Waals surface area contributed by atoms with Gasteiger partial charge < -0.3 is 15.2 Å². The van der Waals surface area contributed by atoms with Gasteiger partial charge in [-0.2, -0.15) is 0 Å². The van der Waals surface area contributed by atoms with Crippen molar-refractivity contribution < 1.29 is 9.84 Å². The standard InChI is InChI=1S/C16H24N2O2/c1-20-13-4-9-18-14(10-13)15(5-2-6-15)11-17-12-16(19)7-3-8-16/h4,9-10,17,19H,2-3,5-8,11-12H2,1H3. The molecule has 2 aliphatic carbocycles. The molecule has 0 spiro atoms. The van der Waals surface area contributed by atoms with Crippen LogP contribution in [0.15, 0.2) is 18.3 Å².